The minimum absolute atomic E-state index is 0.00681. The molecule has 0 bridgehead atoms. The molecule has 0 aliphatic heterocycles. The Morgan fingerprint density at radius 2 is 1.77 bits per heavy atom. The van der Waals surface area contributed by atoms with E-state index in [1.165, 1.54) is 56.3 Å². The molecule has 0 radical (unpaired) electrons. The maximum atomic E-state index is 12.4. The fourth-order valence-electron chi connectivity index (χ4n) is 1.90. The van der Waals surface area contributed by atoms with Crippen molar-refractivity contribution >= 4 is 54.8 Å². The van der Waals surface area contributed by atoms with Gasteiger partial charge in [0, 0.05) is 31.1 Å². The third-order valence-electron chi connectivity index (χ3n) is 3.32. The maximum absolute atomic E-state index is 12.4. The number of benzene rings is 1. The smallest absolute Gasteiger partial charge is 0.244 e. The molecule has 0 aliphatic rings. The molecule has 142 valence electrons. The Bertz CT molecular complexity index is 992. The van der Waals surface area contributed by atoms with E-state index in [0.717, 1.165) is 4.31 Å². The van der Waals surface area contributed by atoms with Crippen molar-refractivity contribution in [3.05, 3.63) is 46.6 Å². The van der Waals surface area contributed by atoms with Crippen LogP contribution in [0.5, 0.6) is 0 Å². The number of hydrogen-bond acceptors (Lipinski definition) is 6. The fourth-order valence-corrected chi connectivity index (χ4v) is 6.05. The first-order chi connectivity index (χ1) is 12.0. The molecule has 0 amide bonds. The highest BCUT2D eigenvalue weighted by atomic mass is 35.5. The predicted octanol–water partition coefficient (Wildman–Crippen LogP) is 3.20. The van der Waals surface area contributed by atoms with Gasteiger partial charge in [-0.25, -0.2) is 26.1 Å². The molecule has 0 unspecified atom stereocenters. The summed E-state index contributed by atoms with van der Waals surface area (Å²) in [6.45, 7) is 0. The van der Waals surface area contributed by atoms with Crippen LogP contribution in [0.25, 0.3) is 0 Å². The molecule has 0 aliphatic carbocycles. The van der Waals surface area contributed by atoms with Crippen molar-refractivity contribution in [2.45, 2.75) is 14.8 Å². The van der Waals surface area contributed by atoms with E-state index >= 15 is 0 Å². The summed E-state index contributed by atoms with van der Waals surface area (Å²) in [6.07, 6.45) is 1.25. The van der Waals surface area contributed by atoms with Crippen LogP contribution in [0.1, 0.15) is 0 Å². The summed E-state index contributed by atoms with van der Waals surface area (Å²) in [6, 6.07) is 7.26. The van der Waals surface area contributed by atoms with Crippen LogP contribution in [0.2, 0.25) is 10.0 Å². The van der Waals surface area contributed by atoms with E-state index in [4.69, 9.17) is 23.2 Å². The van der Waals surface area contributed by atoms with E-state index in [1.807, 2.05) is 0 Å². The molecule has 0 saturated carbocycles. The van der Waals surface area contributed by atoms with Crippen molar-refractivity contribution < 1.29 is 16.8 Å². The number of sulfone groups is 1. The van der Waals surface area contributed by atoms with E-state index in [2.05, 4.69) is 4.98 Å². The summed E-state index contributed by atoms with van der Waals surface area (Å²) < 4.78 is 49.8. The largest absolute Gasteiger partial charge is 0.249 e. The molecular formula is C15H16Cl2N2O4S3. The zero-order chi connectivity index (χ0) is 19.5. The minimum atomic E-state index is -3.59. The molecule has 2 aromatic rings. The molecule has 1 heterocycles. The molecule has 0 atom stereocenters. The van der Waals surface area contributed by atoms with E-state index < -0.39 is 19.9 Å². The van der Waals surface area contributed by atoms with Gasteiger partial charge in [0.05, 0.1) is 20.7 Å². The number of thioether (sulfide) groups is 1. The van der Waals surface area contributed by atoms with Gasteiger partial charge in [0.2, 0.25) is 10.0 Å². The molecule has 0 fully saturated rings. The Balaban J connectivity index is 2.05. The molecule has 0 spiro atoms. The monoisotopic (exact) mass is 454 g/mol. The van der Waals surface area contributed by atoms with Gasteiger partial charge >= 0.3 is 0 Å². The molecule has 1 aromatic carbocycles. The van der Waals surface area contributed by atoms with Crippen LogP contribution >= 0.6 is 35.0 Å². The minimum Gasteiger partial charge on any atom is -0.249 e. The van der Waals surface area contributed by atoms with Crippen molar-refractivity contribution in [2.24, 2.45) is 0 Å². The standard InChI is InChI=1S/C15H16Cl2N2O4S3/c1-19(2)26(22,23)12-4-6-15(18-10-12)24-7-8-25(20,21)14-9-11(16)3-5-13(14)17/h3-6,9-10H,7-8H2,1-2H3. The lowest BCUT2D eigenvalue weighted by Crippen LogP contribution is -2.22. The van der Waals surface area contributed by atoms with Crippen LogP contribution in [-0.2, 0) is 19.9 Å². The first kappa shape index (κ1) is 21.5. The van der Waals surface area contributed by atoms with Crippen molar-refractivity contribution in [3.63, 3.8) is 0 Å². The average molecular weight is 455 g/mol. The van der Waals surface area contributed by atoms with Gasteiger partial charge in [-0.1, -0.05) is 23.2 Å². The lowest BCUT2D eigenvalue weighted by atomic mass is 10.4. The first-order valence-corrected chi connectivity index (χ1v) is 12.1. The summed E-state index contributed by atoms with van der Waals surface area (Å²) >= 11 is 13.0. The topological polar surface area (TPSA) is 84.4 Å². The van der Waals surface area contributed by atoms with Gasteiger partial charge in [0.1, 0.15) is 4.90 Å². The highest BCUT2D eigenvalue weighted by Gasteiger charge is 2.20. The molecular weight excluding hydrogens is 439 g/mol. The molecule has 6 nitrogen and oxygen atoms in total. The lowest BCUT2D eigenvalue weighted by molar-refractivity contribution is 0.520. The Hall–Kier alpha value is -0.840. The van der Waals surface area contributed by atoms with E-state index in [9.17, 15) is 16.8 Å². The SMILES string of the molecule is CN(C)S(=O)(=O)c1ccc(SCCS(=O)(=O)c2cc(Cl)ccc2Cl)nc1. The number of halogens is 2. The van der Waals surface area contributed by atoms with Gasteiger partial charge in [-0.05, 0) is 30.3 Å². The van der Waals surface area contributed by atoms with Crippen molar-refractivity contribution in [3.8, 4) is 0 Å². The van der Waals surface area contributed by atoms with Gasteiger partial charge in [0.15, 0.2) is 9.84 Å². The number of rotatable bonds is 7. The zero-order valence-electron chi connectivity index (χ0n) is 13.9. The third kappa shape index (κ3) is 5.11. The van der Waals surface area contributed by atoms with E-state index in [0.29, 0.717) is 10.0 Å². The number of aromatic nitrogens is 1. The number of nitrogens with zero attached hydrogens (tertiary/aromatic N) is 2. The molecule has 2 rings (SSSR count). The van der Waals surface area contributed by atoms with Crippen molar-refractivity contribution in [2.75, 3.05) is 25.6 Å². The fraction of sp³-hybridized carbons (Fsp3) is 0.267. The highest BCUT2D eigenvalue weighted by molar-refractivity contribution is 8.00. The Morgan fingerprint density at radius 3 is 2.35 bits per heavy atom. The quantitative estimate of drug-likeness (QED) is 0.597. The van der Waals surface area contributed by atoms with Crippen LogP contribution in [0.3, 0.4) is 0 Å². The number of pyridine rings is 1. The summed E-state index contributed by atoms with van der Waals surface area (Å²) in [5, 5.41) is 0.936. The maximum Gasteiger partial charge on any atom is 0.244 e. The second-order valence-corrected chi connectivity index (χ2v) is 11.5. The number of sulfonamides is 1. The highest BCUT2D eigenvalue weighted by Crippen LogP contribution is 2.27. The van der Waals surface area contributed by atoms with Gasteiger partial charge in [-0.3, -0.25) is 0 Å². The molecule has 26 heavy (non-hydrogen) atoms. The first-order valence-electron chi connectivity index (χ1n) is 7.23. The Morgan fingerprint density at radius 1 is 1.08 bits per heavy atom. The lowest BCUT2D eigenvalue weighted by Gasteiger charge is -2.11. The van der Waals surface area contributed by atoms with Crippen molar-refractivity contribution in [1.29, 1.82) is 0 Å². The Labute approximate surface area is 167 Å². The zero-order valence-corrected chi connectivity index (χ0v) is 17.8. The Kier molecular flexibility index (Phi) is 6.98. The summed E-state index contributed by atoms with van der Waals surface area (Å²) in [5.41, 5.74) is 0. The van der Waals surface area contributed by atoms with Crippen LogP contribution in [0.4, 0.5) is 0 Å². The second-order valence-electron chi connectivity index (χ2n) is 5.36. The van der Waals surface area contributed by atoms with Gasteiger partial charge in [-0.15, -0.1) is 11.8 Å². The summed E-state index contributed by atoms with van der Waals surface area (Å²) in [4.78, 5) is 4.13. The van der Waals surface area contributed by atoms with Gasteiger partial charge in [-0.2, -0.15) is 0 Å². The normalized spacial score (nSPS) is 12.5. The average Bonchev–Trinajstić information content (AvgIpc) is 2.57. The molecule has 1 aromatic heterocycles. The summed E-state index contributed by atoms with van der Waals surface area (Å²) in [7, 11) is -4.27. The van der Waals surface area contributed by atoms with Crippen molar-refractivity contribution in [1.82, 2.24) is 9.29 Å². The summed E-state index contributed by atoms with van der Waals surface area (Å²) in [5.74, 6) is 0.0785. The van der Waals surface area contributed by atoms with E-state index in [-0.39, 0.29) is 26.3 Å². The van der Waals surface area contributed by atoms with Gasteiger partial charge < -0.3 is 0 Å². The van der Waals surface area contributed by atoms with E-state index in [1.54, 1.807) is 6.07 Å². The number of hydrogen-bond donors (Lipinski definition) is 0. The van der Waals surface area contributed by atoms with Crippen LogP contribution in [-0.4, -0.2) is 51.7 Å². The van der Waals surface area contributed by atoms with Crippen LogP contribution in [0.15, 0.2) is 51.3 Å². The molecule has 0 N–H and O–H groups in total. The van der Waals surface area contributed by atoms with Crippen LogP contribution < -0.4 is 0 Å². The molecule has 0 saturated heterocycles. The third-order valence-corrected chi connectivity index (χ3v) is 8.75. The van der Waals surface area contributed by atoms with Crippen LogP contribution in [0, 0.1) is 0 Å². The van der Waals surface area contributed by atoms with Gasteiger partial charge in [0.25, 0.3) is 0 Å². The predicted molar refractivity (Wildman–Crippen MR) is 104 cm³/mol. The molecule has 11 heteroatoms. The second kappa shape index (κ2) is 8.45.